The van der Waals surface area contributed by atoms with Gasteiger partial charge in [0.1, 0.15) is 10.7 Å². The van der Waals surface area contributed by atoms with Gasteiger partial charge in [0.2, 0.25) is 5.95 Å². The lowest BCUT2D eigenvalue weighted by atomic mass is 9.91. The number of benzene rings is 2. The number of fused-ring (bicyclic) bond motifs is 1. The van der Waals surface area contributed by atoms with Crippen molar-refractivity contribution in [3.63, 3.8) is 0 Å². The number of ether oxygens (including phenoxy) is 1. The maximum Gasteiger partial charge on any atom is 0.337 e. The Balaban J connectivity index is 1.66. The summed E-state index contributed by atoms with van der Waals surface area (Å²) in [4.78, 5) is 28.9. The summed E-state index contributed by atoms with van der Waals surface area (Å²) in [6.45, 7) is 10.6. The van der Waals surface area contributed by atoms with Crippen molar-refractivity contribution in [2.45, 2.75) is 64.8 Å². The molecule has 1 saturated heterocycles. The van der Waals surface area contributed by atoms with Gasteiger partial charge in [-0.2, -0.15) is 0 Å². The predicted molar refractivity (Wildman–Crippen MR) is 159 cm³/mol. The molecule has 3 heterocycles. The number of piperidine rings is 1. The molecule has 1 atom stereocenters. The second kappa shape index (κ2) is 10.7. The Labute approximate surface area is 242 Å². The second-order valence-electron chi connectivity index (χ2n) is 11.5. The van der Waals surface area contributed by atoms with Gasteiger partial charge in [-0.3, -0.25) is 0 Å². The van der Waals surface area contributed by atoms with Gasteiger partial charge in [0, 0.05) is 35.4 Å². The number of carboxylic acids is 1. The SMILES string of the molecule is Cc1cc2nc(-c3ccnc(N4CCC(C)(O)CC4)n3)sc2c(-c2ccc(Cl)cc2)c1C(OC(C)(C)C)C(=O)O. The molecule has 0 spiro atoms. The van der Waals surface area contributed by atoms with Crippen LogP contribution in [0.2, 0.25) is 5.02 Å². The molecule has 4 aromatic rings. The van der Waals surface area contributed by atoms with E-state index in [4.69, 9.17) is 26.3 Å². The summed E-state index contributed by atoms with van der Waals surface area (Å²) in [5.41, 5.74) is 3.05. The molecule has 5 rings (SSSR count). The molecule has 2 aromatic carbocycles. The zero-order chi connectivity index (χ0) is 28.8. The number of halogens is 1. The first kappa shape index (κ1) is 28.4. The number of thiazole rings is 1. The third-order valence-corrected chi connectivity index (χ3v) is 8.37. The number of carboxylic acid groups (broad SMARTS) is 1. The molecule has 0 amide bonds. The number of aromatic nitrogens is 3. The van der Waals surface area contributed by atoms with Gasteiger partial charge in [-0.25, -0.2) is 19.7 Å². The van der Waals surface area contributed by atoms with Gasteiger partial charge in [0.05, 0.1) is 21.4 Å². The zero-order valence-corrected chi connectivity index (χ0v) is 24.8. The molecule has 2 aromatic heterocycles. The van der Waals surface area contributed by atoms with Crippen LogP contribution in [0.25, 0.3) is 32.0 Å². The van der Waals surface area contributed by atoms with Crippen molar-refractivity contribution < 1.29 is 19.7 Å². The van der Waals surface area contributed by atoms with Crippen LogP contribution in [-0.2, 0) is 9.53 Å². The molecule has 40 heavy (non-hydrogen) atoms. The molecule has 10 heteroatoms. The number of aliphatic carboxylic acids is 1. The second-order valence-corrected chi connectivity index (χ2v) is 13.0. The highest BCUT2D eigenvalue weighted by atomic mass is 35.5. The van der Waals surface area contributed by atoms with Crippen LogP contribution in [0.1, 0.15) is 57.8 Å². The van der Waals surface area contributed by atoms with Crippen molar-refractivity contribution >= 4 is 45.1 Å². The smallest absolute Gasteiger partial charge is 0.337 e. The molecular formula is C30H33ClN4O4S. The molecule has 8 nitrogen and oxygen atoms in total. The Hall–Kier alpha value is -3.11. The van der Waals surface area contributed by atoms with Gasteiger partial charge in [0.15, 0.2) is 6.10 Å². The Kier molecular flexibility index (Phi) is 7.60. The molecule has 1 unspecified atom stereocenters. The minimum atomic E-state index is -1.18. The average Bonchev–Trinajstić information content (AvgIpc) is 3.30. The maximum atomic E-state index is 12.6. The van der Waals surface area contributed by atoms with Gasteiger partial charge >= 0.3 is 5.97 Å². The highest BCUT2D eigenvalue weighted by molar-refractivity contribution is 7.22. The van der Waals surface area contributed by atoms with Gasteiger partial charge in [-0.1, -0.05) is 23.7 Å². The lowest BCUT2D eigenvalue weighted by molar-refractivity contribution is -0.160. The third-order valence-electron chi connectivity index (χ3n) is 7.00. The number of nitrogens with zero attached hydrogens (tertiary/aromatic N) is 4. The summed E-state index contributed by atoms with van der Waals surface area (Å²) in [5.74, 6) is -0.454. The number of aliphatic hydroxyl groups is 1. The Morgan fingerprint density at radius 1 is 1.15 bits per heavy atom. The van der Waals surface area contributed by atoms with Gasteiger partial charge in [0.25, 0.3) is 0 Å². The van der Waals surface area contributed by atoms with E-state index in [1.807, 2.05) is 58.9 Å². The lowest BCUT2D eigenvalue weighted by Crippen LogP contribution is -2.43. The van der Waals surface area contributed by atoms with Crippen molar-refractivity contribution in [2.75, 3.05) is 18.0 Å². The quantitative estimate of drug-likeness (QED) is 0.260. The fourth-order valence-corrected chi connectivity index (χ4v) is 6.18. The summed E-state index contributed by atoms with van der Waals surface area (Å²) in [5, 5.41) is 21.9. The van der Waals surface area contributed by atoms with E-state index in [1.165, 1.54) is 11.3 Å². The van der Waals surface area contributed by atoms with Crippen LogP contribution in [0, 0.1) is 6.92 Å². The maximum absolute atomic E-state index is 12.6. The van der Waals surface area contributed by atoms with Crippen LogP contribution in [0.3, 0.4) is 0 Å². The van der Waals surface area contributed by atoms with Crippen molar-refractivity contribution in [2.24, 2.45) is 0 Å². The molecule has 1 aliphatic heterocycles. The van der Waals surface area contributed by atoms with Crippen molar-refractivity contribution in [1.82, 2.24) is 15.0 Å². The Morgan fingerprint density at radius 3 is 2.45 bits per heavy atom. The largest absolute Gasteiger partial charge is 0.479 e. The van der Waals surface area contributed by atoms with Crippen LogP contribution in [0.5, 0.6) is 0 Å². The van der Waals surface area contributed by atoms with Gasteiger partial charge in [-0.15, -0.1) is 11.3 Å². The molecule has 0 aliphatic carbocycles. The van der Waals surface area contributed by atoms with Crippen molar-refractivity contribution in [1.29, 1.82) is 0 Å². The molecule has 1 aliphatic rings. The van der Waals surface area contributed by atoms with Crippen LogP contribution >= 0.6 is 22.9 Å². The fraction of sp³-hybridized carbons (Fsp3) is 0.400. The minimum absolute atomic E-state index is 0.590. The van der Waals surface area contributed by atoms with Crippen LogP contribution in [0.4, 0.5) is 5.95 Å². The number of anilines is 1. The summed E-state index contributed by atoms with van der Waals surface area (Å²) in [6, 6.07) is 11.1. The molecule has 210 valence electrons. The topological polar surface area (TPSA) is 109 Å². The van der Waals surface area contributed by atoms with E-state index >= 15 is 0 Å². The molecule has 0 radical (unpaired) electrons. The number of carbonyl (C=O) groups is 1. The van der Waals surface area contributed by atoms with E-state index in [0.717, 1.165) is 26.9 Å². The number of hydrogen-bond acceptors (Lipinski definition) is 8. The lowest BCUT2D eigenvalue weighted by Gasteiger charge is -2.35. The van der Waals surface area contributed by atoms with Crippen LogP contribution < -0.4 is 4.90 Å². The molecule has 1 fully saturated rings. The standard InChI is InChI=1S/C30H33ClN4O4S/c1-17-16-21-25(23(18-6-8-19(31)9-7-18)22(17)24(27(36)37)39-29(2,3)4)40-26(33-21)20-10-13-32-28(34-20)35-14-11-30(5,38)12-15-35/h6-10,13,16,24,38H,11-12,14-15H2,1-5H3,(H,36,37). The molecule has 0 bridgehead atoms. The summed E-state index contributed by atoms with van der Waals surface area (Å²) < 4.78 is 6.95. The number of aryl methyl sites for hydroxylation is 1. The first-order valence-electron chi connectivity index (χ1n) is 13.2. The van der Waals surface area contributed by atoms with Crippen LogP contribution in [-0.4, -0.2) is 55.4 Å². The summed E-state index contributed by atoms with van der Waals surface area (Å²) >= 11 is 7.67. The molecular weight excluding hydrogens is 548 g/mol. The van der Waals surface area contributed by atoms with E-state index in [-0.39, 0.29) is 0 Å². The summed E-state index contributed by atoms with van der Waals surface area (Å²) in [6.07, 6.45) is 1.85. The Morgan fingerprint density at radius 2 is 1.82 bits per heavy atom. The van der Waals surface area contributed by atoms with Crippen molar-refractivity contribution in [3.05, 3.63) is 58.7 Å². The van der Waals surface area contributed by atoms with Gasteiger partial charge < -0.3 is 19.8 Å². The molecule has 0 saturated carbocycles. The fourth-order valence-electron chi connectivity index (χ4n) is 4.96. The highest BCUT2D eigenvalue weighted by Crippen LogP contribution is 2.44. The normalized spacial score (nSPS) is 16.3. The van der Waals surface area contributed by atoms with E-state index in [2.05, 4.69) is 9.88 Å². The van der Waals surface area contributed by atoms with Crippen LogP contribution in [0.15, 0.2) is 42.6 Å². The Bertz CT molecular complexity index is 1550. The van der Waals surface area contributed by atoms with E-state index in [1.54, 1.807) is 18.3 Å². The first-order valence-corrected chi connectivity index (χ1v) is 14.4. The average molecular weight is 581 g/mol. The summed E-state index contributed by atoms with van der Waals surface area (Å²) in [7, 11) is 0. The zero-order valence-electron chi connectivity index (χ0n) is 23.2. The van der Waals surface area contributed by atoms with Gasteiger partial charge in [-0.05, 0) is 82.9 Å². The van der Waals surface area contributed by atoms with E-state index < -0.39 is 23.3 Å². The minimum Gasteiger partial charge on any atom is -0.479 e. The van der Waals surface area contributed by atoms with E-state index in [9.17, 15) is 15.0 Å². The number of rotatable bonds is 6. The van der Waals surface area contributed by atoms with Crippen molar-refractivity contribution in [3.8, 4) is 21.8 Å². The predicted octanol–water partition coefficient (Wildman–Crippen LogP) is 6.67. The monoisotopic (exact) mass is 580 g/mol. The number of hydrogen-bond donors (Lipinski definition) is 2. The highest BCUT2D eigenvalue weighted by Gasteiger charge is 2.33. The van der Waals surface area contributed by atoms with E-state index in [0.29, 0.717) is 53.2 Å². The first-order chi connectivity index (χ1) is 18.8. The third kappa shape index (κ3) is 5.98. The molecule has 2 N–H and O–H groups in total.